The Hall–Kier alpha value is -2.49. The summed E-state index contributed by atoms with van der Waals surface area (Å²) in [6.07, 6.45) is 2.22. The number of nitrogens with zero attached hydrogens (tertiary/aromatic N) is 5. The van der Waals surface area contributed by atoms with Crippen LogP contribution < -0.4 is 0 Å². The number of ketones is 1. The van der Waals surface area contributed by atoms with Crippen molar-refractivity contribution >= 4 is 5.78 Å². The molecule has 7 nitrogen and oxygen atoms in total. The zero-order chi connectivity index (χ0) is 18.9. The maximum atomic E-state index is 12.8. The van der Waals surface area contributed by atoms with Gasteiger partial charge in [0.25, 0.3) is 0 Å². The lowest BCUT2D eigenvalue weighted by atomic mass is 9.49. The molecule has 4 rings (SSSR count). The van der Waals surface area contributed by atoms with Crippen LogP contribution in [0.2, 0.25) is 0 Å². The maximum absolute atomic E-state index is 12.8. The summed E-state index contributed by atoms with van der Waals surface area (Å²) in [6, 6.07) is 2.23. The van der Waals surface area contributed by atoms with Crippen LogP contribution in [0.1, 0.15) is 50.8 Å². The van der Waals surface area contributed by atoms with Crippen molar-refractivity contribution < 1.29 is 9.32 Å². The Balaban J connectivity index is 1.89. The highest BCUT2D eigenvalue weighted by Crippen LogP contribution is 2.57. The van der Waals surface area contributed by atoms with Crippen molar-refractivity contribution in [3.63, 3.8) is 0 Å². The molecule has 3 atom stereocenters. The Kier molecular flexibility index (Phi) is 3.43. The van der Waals surface area contributed by atoms with Gasteiger partial charge in [0.05, 0.1) is 11.8 Å². The SMILES string of the molecule is Cc1nc(-c2c3c(nn2C)C2(C)CC(C#N)C(=O)C(C)(C)[C@@H]2CC3)no1. The van der Waals surface area contributed by atoms with Gasteiger partial charge >= 0.3 is 0 Å². The second kappa shape index (κ2) is 5.26. The van der Waals surface area contributed by atoms with Gasteiger partial charge in [0.2, 0.25) is 11.7 Å². The summed E-state index contributed by atoms with van der Waals surface area (Å²) in [7, 11) is 1.89. The smallest absolute Gasteiger partial charge is 0.223 e. The van der Waals surface area contributed by atoms with Crippen molar-refractivity contribution in [3.8, 4) is 17.6 Å². The number of Topliss-reactive ketones (excluding diaryl/α,β-unsaturated/α-hetero) is 1. The fourth-order valence-corrected chi connectivity index (χ4v) is 5.35. The monoisotopic (exact) mass is 353 g/mol. The minimum atomic E-state index is -0.588. The highest BCUT2D eigenvalue weighted by atomic mass is 16.5. The first-order valence-electron chi connectivity index (χ1n) is 9.01. The number of carbonyl (C=O) groups excluding carboxylic acids is 1. The first kappa shape index (κ1) is 17.0. The molecular weight excluding hydrogens is 330 g/mol. The van der Waals surface area contributed by atoms with E-state index in [4.69, 9.17) is 9.62 Å². The molecule has 0 N–H and O–H groups in total. The van der Waals surface area contributed by atoms with Gasteiger partial charge < -0.3 is 4.52 Å². The van der Waals surface area contributed by atoms with E-state index in [0.29, 0.717) is 18.1 Å². The Morgan fingerprint density at radius 1 is 1.35 bits per heavy atom. The summed E-state index contributed by atoms with van der Waals surface area (Å²) in [5.41, 5.74) is 2.12. The Morgan fingerprint density at radius 2 is 2.08 bits per heavy atom. The molecule has 2 aromatic rings. The first-order chi connectivity index (χ1) is 12.2. The predicted molar refractivity (Wildman–Crippen MR) is 92.9 cm³/mol. The molecule has 0 aromatic carbocycles. The number of fused-ring (bicyclic) bond motifs is 3. The molecule has 136 valence electrons. The Bertz CT molecular complexity index is 948. The fourth-order valence-electron chi connectivity index (χ4n) is 5.35. The molecule has 26 heavy (non-hydrogen) atoms. The Labute approximate surface area is 152 Å². The highest BCUT2D eigenvalue weighted by Gasteiger charge is 2.58. The van der Waals surface area contributed by atoms with Crippen LogP contribution in [0.5, 0.6) is 0 Å². The van der Waals surface area contributed by atoms with E-state index in [9.17, 15) is 10.1 Å². The summed E-state index contributed by atoms with van der Waals surface area (Å²) in [5, 5.41) is 18.5. The topological polar surface area (TPSA) is 97.6 Å². The quantitative estimate of drug-likeness (QED) is 0.782. The number of rotatable bonds is 1. The van der Waals surface area contributed by atoms with Crippen molar-refractivity contribution in [1.82, 2.24) is 19.9 Å². The van der Waals surface area contributed by atoms with Crippen LogP contribution >= 0.6 is 0 Å². The molecule has 2 heterocycles. The molecule has 7 heteroatoms. The largest absolute Gasteiger partial charge is 0.339 e. The third kappa shape index (κ3) is 2.05. The van der Waals surface area contributed by atoms with Gasteiger partial charge in [0.15, 0.2) is 5.78 Å². The second-order valence-electron chi connectivity index (χ2n) is 8.42. The third-order valence-electron chi connectivity index (χ3n) is 6.48. The van der Waals surface area contributed by atoms with Gasteiger partial charge in [-0.25, -0.2) is 0 Å². The van der Waals surface area contributed by atoms with Gasteiger partial charge in [-0.15, -0.1) is 0 Å². The van der Waals surface area contributed by atoms with Gasteiger partial charge in [0.1, 0.15) is 11.6 Å². The lowest BCUT2D eigenvalue weighted by molar-refractivity contribution is -0.140. The summed E-state index contributed by atoms with van der Waals surface area (Å²) in [4.78, 5) is 17.2. The van der Waals surface area contributed by atoms with Crippen molar-refractivity contribution in [2.75, 3.05) is 0 Å². The zero-order valence-corrected chi connectivity index (χ0v) is 15.8. The fraction of sp³-hybridized carbons (Fsp3) is 0.632. The molecule has 0 spiro atoms. The van der Waals surface area contributed by atoms with Crippen molar-refractivity contribution in [3.05, 3.63) is 17.1 Å². The summed E-state index contributed by atoms with van der Waals surface area (Å²) >= 11 is 0. The van der Waals surface area contributed by atoms with Gasteiger partial charge in [-0.3, -0.25) is 9.48 Å². The lowest BCUT2D eigenvalue weighted by Crippen LogP contribution is -2.55. The minimum absolute atomic E-state index is 0.0656. The molecule has 2 aromatic heterocycles. The van der Waals surface area contributed by atoms with E-state index in [0.717, 1.165) is 29.8 Å². The zero-order valence-electron chi connectivity index (χ0n) is 15.8. The van der Waals surface area contributed by atoms with Crippen LogP contribution in [-0.4, -0.2) is 25.7 Å². The predicted octanol–water partition coefficient (Wildman–Crippen LogP) is 2.74. The molecule has 0 aliphatic heterocycles. The van der Waals surface area contributed by atoms with E-state index in [1.54, 1.807) is 6.92 Å². The number of carbonyl (C=O) groups is 1. The summed E-state index contributed by atoms with van der Waals surface area (Å²) in [5.74, 6) is 0.702. The van der Waals surface area contributed by atoms with Crippen molar-refractivity contribution in [2.24, 2.45) is 24.3 Å². The molecule has 1 fully saturated rings. The van der Waals surface area contributed by atoms with Crippen LogP contribution in [0.15, 0.2) is 4.52 Å². The number of aromatic nitrogens is 4. The van der Waals surface area contributed by atoms with Gasteiger partial charge in [-0.2, -0.15) is 15.3 Å². The number of nitriles is 1. The van der Waals surface area contributed by atoms with Crippen molar-refractivity contribution in [1.29, 1.82) is 5.26 Å². The van der Waals surface area contributed by atoms with Gasteiger partial charge in [0, 0.05) is 30.4 Å². The van der Waals surface area contributed by atoms with Crippen LogP contribution in [-0.2, 0) is 23.7 Å². The van der Waals surface area contributed by atoms with E-state index in [-0.39, 0.29) is 17.1 Å². The van der Waals surface area contributed by atoms with E-state index in [2.05, 4.69) is 23.1 Å². The number of hydrogen-bond acceptors (Lipinski definition) is 6. The third-order valence-corrected chi connectivity index (χ3v) is 6.48. The molecule has 0 radical (unpaired) electrons. The minimum Gasteiger partial charge on any atom is -0.339 e. The van der Waals surface area contributed by atoms with E-state index in [1.807, 2.05) is 25.6 Å². The number of aryl methyl sites for hydroxylation is 2. The van der Waals surface area contributed by atoms with Crippen LogP contribution in [0.25, 0.3) is 11.5 Å². The van der Waals surface area contributed by atoms with Gasteiger partial charge in [-0.05, 0) is 25.2 Å². The first-order valence-corrected chi connectivity index (χ1v) is 9.01. The molecule has 2 aliphatic carbocycles. The van der Waals surface area contributed by atoms with Gasteiger partial charge in [-0.1, -0.05) is 25.9 Å². The van der Waals surface area contributed by atoms with Crippen LogP contribution in [0.3, 0.4) is 0 Å². The molecule has 0 amide bonds. The standard InChI is InChI=1S/C19H23N5O2/c1-10-21-17(23-26-10)14-12-6-7-13-18(2,3)16(25)11(9-20)8-19(13,4)15(12)22-24(14)5/h11,13H,6-8H2,1-5H3/t11?,13-,19?/m0/s1. The Morgan fingerprint density at radius 3 is 2.69 bits per heavy atom. The average Bonchev–Trinajstić information content (AvgIpc) is 3.14. The lowest BCUT2D eigenvalue weighted by Gasteiger charge is -2.52. The summed E-state index contributed by atoms with van der Waals surface area (Å²) < 4.78 is 6.97. The maximum Gasteiger partial charge on any atom is 0.223 e. The molecule has 2 aliphatic rings. The van der Waals surface area contributed by atoms with Crippen LogP contribution in [0.4, 0.5) is 0 Å². The average molecular weight is 353 g/mol. The summed E-state index contributed by atoms with van der Waals surface area (Å²) in [6.45, 7) is 7.90. The molecular formula is C19H23N5O2. The molecule has 0 bridgehead atoms. The number of hydrogen-bond donors (Lipinski definition) is 0. The normalized spacial score (nSPS) is 29.8. The highest BCUT2D eigenvalue weighted by molar-refractivity contribution is 5.90. The molecule has 1 saturated carbocycles. The van der Waals surface area contributed by atoms with E-state index >= 15 is 0 Å². The molecule has 0 saturated heterocycles. The second-order valence-corrected chi connectivity index (χ2v) is 8.42. The van der Waals surface area contributed by atoms with Crippen molar-refractivity contribution in [2.45, 2.75) is 52.4 Å². The molecule has 2 unspecified atom stereocenters. The van der Waals surface area contributed by atoms with Crippen LogP contribution in [0, 0.1) is 35.5 Å². The van der Waals surface area contributed by atoms with E-state index < -0.39 is 11.3 Å². The van der Waals surface area contributed by atoms with E-state index in [1.165, 1.54) is 0 Å².